The van der Waals surface area contributed by atoms with E-state index in [2.05, 4.69) is 4.18 Å². The highest BCUT2D eigenvalue weighted by Crippen LogP contribution is 2.30. The molecule has 0 N–H and O–H groups in total. The van der Waals surface area contributed by atoms with Crippen LogP contribution in [0.15, 0.2) is 47.4 Å². The molecule has 0 heterocycles. The van der Waals surface area contributed by atoms with Gasteiger partial charge in [-0.3, -0.25) is 10.1 Å². The standard InChI is InChI=1S/C13H10FNO6S/c1-20-13-7-6-9(8-11(13)15(16)17)22(18,19)21-12-5-3-2-4-10(12)14/h2-8H,1H3. The molecule has 0 amide bonds. The van der Waals surface area contributed by atoms with Crippen molar-refractivity contribution < 1.29 is 26.7 Å². The van der Waals surface area contributed by atoms with Gasteiger partial charge in [0.25, 0.3) is 0 Å². The van der Waals surface area contributed by atoms with Crippen molar-refractivity contribution in [3.05, 3.63) is 58.4 Å². The Morgan fingerprint density at radius 3 is 2.41 bits per heavy atom. The van der Waals surface area contributed by atoms with Gasteiger partial charge in [0.2, 0.25) is 0 Å². The zero-order valence-electron chi connectivity index (χ0n) is 11.2. The average molecular weight is 327 g/mol. The summed E-state index contributed by atoms with van der Waals surface area (Å²) in [5.74, 6) is -1.47. The van der Waals surface area contributed by atoms with E-state index in [0.29, 0.717) is 0 Å². The van der Waals surface area contributed by atoms with Crippen LogP contribution in [0.4, 0.5) is 10.1 Å². The zero-order chi connectivity index (χ0) is 16.3. The Kier molecular flexibility index (Phi) is 4.27. The molecule has 0 saturated heterocycles. The number of hydrogen-bond donors (Lipinski definition) is 0. The minimum Gasteiger partial charge on any atom is -0.490 e. The molecule has 0 aromatic heterocycles. The van der Waals surface area contributed by atoms with E-state index >= 15 is 0 Å². The predicted octanol–water partition coefficient (Wildman–Crippen LogP) is 2.51. The SMILES string of the molecule is COc1ccc(S(=O)(=O)Oc2ccccc2F)cc1[N+](=O)[O-]. The summed E-state index contributed by atoms with van der Waals surface area (Å²) in [6, 6.07) is 7.90. The van der Waals surface area contributed by atoms with E-state index in [1.807, 2.05) is 0 Å². The molecule has 0 saturated carbocycles. The maximum atomic E-state index is 13.4. The number of nitro groups is 1. The summed E-state index contributed by atoms with van der Waals surface area (Å²) in [6.45, 7) is 0. The van der Waals surface area contributed by atoms with Crippen LogP contribution in [0.1, 0.15) is 0 Å². The van der Waals surface area contributed by atoms with Crippen molar-refractivity contribution >= 4 is 15.8 Å². The summed E-state index contributed by atoms with van der Waals surface area (Å²) >= 11 is 0. The van der Waals surface area contributed by atoms with Gasteiger partial charge in [0.1, 0.15) is 4.90 Å². The van der Waals surface area contributed by atoms with Crippen LogP contribution in [-0.4, -0.2) is 20.5 Å². The third-order valence-electron chi connectivity index (χ3n) is 2.67. The third-order valence-corrected chi connectivity index (χ3v) is 3.90. The normalized spacial score (nSPS) is 11.0. The maximum Gasteiger partial charge on any atom is 0.339 e. The highest BCUT2D eigenvalue weighted by molar-refractivity contribution is 7.87. The van der Waals surface area contributed by atoms with E-state index in [1.165, 1.54) is 19.2 Å². The minimum absolute atomic E-state index is 0.102. The molecule has 0 aliphatic rings. The molecule has 0 unspecified atom stereocenters. The van der Waals surface area contributed by atoms with Gasteiger partial charge in [0.05, 0.1) is 12.0 Å². The molecule has 0 aliphatic carbocycles. The number of methoxy groups -OCH3 is 1. The van der Waals surface area contributed by atoms with E-state index in [4.69, 9.17) is 4.74 Å². The number of ether oxygens (including phenoxy) is 1. The Morgan fingerprint density at radius 2 is 1.82 bits per heavy atom. The van der Waals surface area contributed by atoms with Crippen molar-refractivity contribution in [2.24, 2.45) is 0 Å². The molecular formula is C13H10FNO6S. The Balaban J connectivity index is 2.44. The predicted molar refractivity (Wildman–Crippen MR) is 73.9 cm³/mol. The van der Waals surface area contributed by atoms with Crippen LogP contribution in [0.3, 0.4) is 0 Å². The second-order valence-corrected chi connectivity index (χ2v) is 5.60. The number of nitro benzene ring substituents is 1. The van der Waals surface area contributed by atoms with Gasteiger partial charge in [0, 0.05) is 6.07 Å². The van der Waals surface area contributed by atoms with Crippen LogP contribution in [0, 0.1) is 15.9 Å². The number of hydrogen-bond acceptors (Lipinski definition) is 6. The number of halogens is 1. The van der Waals surface area contributed by atoms with Gasteiger partial charge in [-0.2, -0.15) is 8.42 Å². The second kappa shape index (κ2) is 5.98. The van der Waals surface area contributed by atoms with Gasteiger partial charge >= 0.3 is 15.8 Å². The number of para-hydroxylation sites is 1. The van der Waals surface area contributed by atoms with Crippen molar-refractivity contribution in [3.63, 3.8) is 0 Å². The topological polar surface area (TPSA) is 95.7 Å². The maximum absolute atomic E-state index is 13.4. The molecule has 0 spiro atoms. The van der Waals surface area contributed by atoms with Crippen molar-refractivity contribution in [1.29, 1.82) is 0 Å². The fraction of sp³-hybridized carbons (Fsp3) is 0.0769. The zero-order valence-corrected chi connectivity index (χ0v) is 12.0. The van der Waals surface area contributed by atoms with E-state index in [9.17, 15) is 22.9 Å². The largest absolute Gasteiger partial charge is 0.490 e. The lowest BCUT2D eigenvalue weighted by molar-refractivity contribution is -0.386. The summed E-state index contributed by atoms with van der Waals surface area (Å²) < 4.78 is 47.0. The lowest BCUT2D eigenvalue weighted by Crippen LogP contribution is -2.11. The molecule has 0 fully saturated rings. The van der Waals surface area contributed by atoms with E-state index in [0.717, 1.165) is 30.3 Å². The van der Waals surface area contributed by atoms with Crippen LogP contribution in [-0.2, 0) is 10.1 Å². The first-order valence-corrected chi connectivity index (χ1v) is 7.27. The van der Waals surface area contributed by atoms with Crippen LogP contribution in [0.25, 0.3) is 0 Å². The highest BCUT2D eigenvalue weighted by Gasteiger charge is 2.24. The molecule has 0 atom stereocenters. The first-order chi connectivity index (χ1) is 10.3. The smallest absolute Gasteiger partial charge is 0.339 e. The molecule has 2 rings (SSSR count). The average Bonchev–Trinajstić information content (AvgIpc) is 2.48. The Hall–Kier alpha value is -2.68. The van der Waals surface area contributed by atoms with Gasteiger partial charge in [-0.05, 0) is 24.3 Å². The van der Waals surface area contributed by atoms with Crippen molar-refractivity contribution in [2.75, 3.05) is 7.11 Å². The Bertz CT molecular complexity index is 821. The van der Waals surface area contributed by atoms with Crippen LogP contribution in [0.5, 0.6) is 11.5 Å². The lowest BCUT2D eigenvalue weighted by atomic mass is 10.3. The fourth-order valence-electron chi connectivity index (χ4n) is 1.65. The molecular weight excluding hydrogens is 317 g/mol. The van der Waals surface area contributed by atoms with Crippen LogP contribution >= 0.6 is 0 Å². The van der Waals surface area contributed by atoms with Gasteiger partial charge < -0.3 is 8.92 Å². The van der Waals surface area contributed by atoms with Crippen molar-refractivity contribution in [1.82, 2.24) is 0 Å². The van der Waals surface area contributed by atoms with E-state index in [1.54, 1.807) is 0 Å². The summed E-state index contributed by atoms with van der Waals surface area (Å²) in [6.07, 6.45) is 0. The molecule has 22 heavy (non-hydrogen) atoms. The summed E-state index contributed by atoms with van der Waals surface area (Å²) in [4.78, 5) is 9.63. The molecule has 2 aromatic rings. The molecule has 116 valence electrons. The Labute approximate surface area is 125 Å². The van der Waals surface area contributed by atoms with Crippen molar-refractivity contribution in [3.8, 4) is 11.5 Å². The second-order valence-electron chi connectivity index (χ2n) is 4.06. The first kappa shape index (κ1) is 15.7. The molecule has 0 aliphatic heterocycles. The van der Waals surface area contributed by atoms with Crippen LogP contribution < -0.4 is 8.92 Å². The van der Waals surface area contributed by atoms with Gasteiger partial charge in [-0.1, -0.05) is 12.1 Å². The molecule has 0 radical (unpaired) electrons. The summed E-state index contributed by atoms with van der Waals surface area (Å²) in [5.41, 5.74) is -0.541. The number of benzene rings is 2. The quantitative estimate of drug-likeness (QED) is 0.475. The number of rotatable bonds is 5. The molecule has 2 aromatic carbocycles. The molecule has 9 heteroatoms. The minimum atomic E-state index is -4.42. The summed E-state index contributed by atoms with van der Waals surface area (Å²) in [7, 11) is -3.20. The van der Waals surface area contributed by atoms with Crippen LogP contribution in [0.2, 0.25) is 0 Å². The molecule has 0 bridgehead atoms. The van der Waals surface area contributed by atoms with E-state index in [-0.39, 0.29) is 5.75 Å². The van der Waals surface area contributed by atoms with Gasteiger partial charge in [-0.15, -0.1) is 0 Å². The third kappa shape index (κ3) is 3.14. The fourth-order valence-corrected chi connectivity index (χ4v) is 2.61. The highest BCUT2D eigenvalue weighted by atomic mass is 32.2. The number of nitrogens with zero attached hydrogens (tertiary/aromatic N) is 1. The first-order valence-electron chi connectivity index (χ1n) is 5.86. The summed E-state index contributed by atoms with van der Waals surface area (Å²) in [5, 5.41) is 10.9. The van der Waals surface area contributed by atoms with Crippen molar-refractivity contribution in [2.45, 2.75) is 4.90 Å². The lowest BCUT2D eigenvalue weighted by Gasteiger charge is -2.08. The molecule has 7 nitrogen and oxygen atoms in total. The van der Waals surface area contributed by atoms with Gasteiger partial charge in [0.15, 0.2) is 17.3 Å². The van der Waals surface area contributed by atoms with Gasteiger partial charge in [-0.25, -0.2) is 4.39 Å². The Morgan fingerprint density at radius 1 is 1.14 bits per heavy atom. The van der Waals surface area contributed by atoms with E-state index < -0.39 is 37.2 Å². The monoisotopic (exact) mass is 327 g/mol.